The number of fused-ring (bicyclic) bond motifs is 4. The second-order valence-electron chi connectivity index (χ2n) is 13.9. The van der Waals surface area contributed by atoms with Crippen LogP contribution in [0.15, 0.2) is 48.6 Å². The molecule has 1 spiro atoms. The van der Waals surface area contributed by atoms with Gasteiger partial charge >= 0.3 is 0 Å². The maximum Gasteiger partial charge on any atom is 0.264 e. The van der Waals surface area contributed by atoms with Crippen molar-refractivity contribution < 1.29 is 27.5 Å². The summed E-state index contributed by atoms with van der Waals surface area (Å²) in [5, 5.41) is -0.178. The van der Waals surface area contributed by atoms with Gasteiger partial charge in [-0.1, -0.05) is 29.8 Å². The zero-order chi connectivity index (χ0) is 33.3. The summed E-state index contributed by atoms with van der Waals surface area (Å²) in [6.07, 6.45) is 10.0. The Labute approximate surface area is 283 Å². The number of halogens is 1. The number of aryl methyl sites for hydroxylation is 1. The van der Waals surface area contributed by atoms with Crippen LogP contribution >= 0.6 is 11.6 Å². The normalized spacial score (nSPS) is 29.3. The van der Waals surface area contributed by atoms with Gasteiger partial charge in [-0.3, -0.25) is 9.59 Å². The molecule has 1 saturated carbocycles. The Bertz CT molecular complexity index is 1640. The Kier molecular flexibility index (Phi) is 9.93. The SMILES string of the molecule is CO[C@H]1/C=C\CC[C@@H](CCC(=O)N(C)C)S(=O)(=O)NC(=O)c2ccc3c(c2)N(C[C@@H]2CC[C@H]21)C[C@@]1(CCCc2cc(Cl)ccc21)CO3. The fourth-order valence-corrected chi connectivity index (χ4v) is 9.55. The number of amides is 2. The summed E-state index contributed by atoms with van der Waals surface area (Å²) in [6, 6.07) is 11.4. The Morgan fingerprint density at radius 2 is 2.00 bits per heavy atom. The van der Waals surface area contributed by atoms with Crippen molar-refractivity contribution in [3.8, 4) is 5.75 Å². The fourth-order valence-electron chi connectivity index (χ4n) is 7.94. The summed E-state index contributed by atoms with van der Waals surface area (Å²) in [4.78, 5) is 29.8. The van der Waals surface area contributed by atoms with E-state index in [1.807, 2.05) is 12.1 Å². The topological polar surface area (TPSA) is 105 Å². The molecule has 11 heteroatoms. The summed E-state index contributed by atoms with van der Waals surface area (Å²) in [7, 11) is 0.940. The van der Waals surface area contributed by atoms with Gasteiger partial charge in [0.25, 0.3) is 5.91 Å². The van der Waals surface area contributed by atoms with E-state index in [-0.39, 0.29) is 42.3 Å². The minimum Gasteiger partial charge on any atom is -0.490 e. The molecule has 5 atom stereocenters. The van der Waals surface area contributed by atoms with Gasteiger partial charge in [-0.15, -0.1) is 0 Å². The van der Waals surface area contributed by atoms with E-state index < -0.39 is 21.2 Å². The highest BCUT2D eigenvalue weighted by molar-refractivity contribution is 7.90. The molecule has 0 saturated heterocycles. The Balaban J connectivity index is 1.38. The van der Waals surface area contributed by atoms with Gasteiger partial charge in [0.05, 0.1) is 23.6 Å². The molecule has 9 nitrogen and oxygen atoms in total. The number of hydrogen-bond acceptors (Lipinski definition) is 7. The van der Waals surface area contributed by atoms with E-state index in [1.54, 1.807) is 39.4 Å². The number of sulfonamides is 1. The van der Waals surface area contributed by atoms with Crippen molar-refractivity contribution in [1.82, 2.24) is 9.62 Å². The first kappa shape index (κ1) is 33.8. The van der Waals surface area contributed by atoms with Crippen LogP contribution in [0.2, 0.25) is 5.02 Å². The molecule has 1 N–H and O–H groups in total. The van der Waals surface area contributed by atoms with Gasteiger partial charge in [0, 0.05) is 56.7 Å². The molecule has 2 aromatic rings. The summed E-state index contributed by atoms with van der Waals surface area (Å²) in [5.41, 5.74) is 3.30. The molecule has 2 aliphatic heterocycles. The zero-order valence-electron chi connectivity index (χ0n) is 27.5. The number of allylic oxidation sites excluding steroid dienone is 1. The molecule has 6 rings (SSSR count). The molecule has 0 unspecified atom stereocenters. The minimum atomic E-state index is -4.09. The van der Waals surface area contributed by atoms with Crippen molar-refractivity contribution in [3.63, 3.8) is 0 Å². The van der Waals surface area contributed by atoms with Gasteiger partial charge < -0.3 is 19.3 Å². The molecule has 47 heavy (non-hydrogen) atoms. The van der Waals surface area contributed by atoms with Crippen LogP contribution in [-0.4, -0.2) is 77.4 Å². The first-order chi connectivity index (χ1) is 22.5. The van der Waals surface area contributed by atoms with Crippen LogP contribution in [0.5, 0.6) is 5.75 Å². The van der Waals surface area contributed by atoms with Crippen molar-refractivity contribution in [1.29, 1.82) is 0 Å². The van der Waals surface area contributed by atoms with E-state index in [2.05, 4.69) is 27.8 Å². The van der Waals surface area contributed by atoms with Crippen LogP contribution in [0.4, 0.5) is 5.69 Å². The second kappa shape index (κ2) is 13.8. The predicted octanol–water partition coefficient (Wildman–Crippen LogP) is 5.50. The van der Waals surface area contributed by atoms with Crippen LogP contribution in [-0.2, 0) is 31.4 Å². The number of anilines is 1. The molecule has 2 amide bonds. The number of rotatable bonds is 4. The van der Waals surface area contributed by atoms with Gasteiger partial charge in [0.15, 0.2) is 0 Å². The lowest BCUT2D eigenvalue weighted by Crippen LogP contribution is -2.49. The van der Waals surface area contributed by atoms with Crippen LogP contribution in [0.3, 0.4) is 0 Å². The highest BCUT2D eigenvalue weighted by Crippen LogP contribution is 2.47. The number of carbonyl (C=O) groups excluding carboxylic acids is 2. The minimum absolute atomic E-state index is 0.0726. The number of nitrogens with one attached hydrogen (secondary N) is 1. The van der Waals surface area contributed by atoms with E-state index in [0.717, 1.165) is 49.4 Å². The number of nitrogens with zero attached hydrogens (tertiary/aromatic N) is 2. The first-order valence-electron chi connectivity index (χ1n) is 16.8. The molecule has 0 aromatic heterocycles. The van der Waals surface area contributed by atoms with E-state index in [0.29, 0.717) is 37.2 Å². The summed E-state index contributed by atoms with van der Waals surface area (Å²) >= 11 is 6.42. The van der Waals surface area contributed by atoms with Gasteiger partial charge in [-0.2, -0.15) is 0 Å². The second-order valence-corrected chi connectivity index (χ2v) is 16.3. The largest absolute Gasteiger partial charge is 0.490 e. The summed E-state index contributed by atoms with van der Waals surface area (Å²) < 4.78 is 42.2. The average Bonchev–Trinajstić information content (AvgIpc) is 3.17. The molecule has 2 aromatic carbocycles. The third-order valence-electron chi connectivity index (χ3n) is 10.8. The van der Waals surface area contributed by atoms with Crippen LogP contribution in [0, 0.1) is 11.8 Å². The lowest BCUT2D eigenvalue weighted by Gasteiger charge is -2.46. The Morgan fingerprint density at radius 1 is 1.17 bits per heavy atom. The number of carbonyl (C=O) groups is 2. The monoisotopic (exact) mass is 683 g/mol. The average molecular weight is 684 g/mol. The first-order valence-corrected chi connectivity index (χ1v) is 18.7. The molecule has 2 aliphatic carbocycles. The summed E-state index contributed by atoms with van der Waals surface area (Å²) in [5.74, 6) is 0.529. The Morgan fingerprint density at radius 3 is 2.74 bits per heavy atom. The van der Waals surface area contributed by atoms with Crippen molar-refractivity contribution in [2.24, 2.45) is 11.8 Å². The van der Waals surface area contributed by atoms with E-state index >= 15 is 0 Å². The van der Waals surface area contributed by atoms with Crippen molar-refractivity contribution in [2.75, 3.05) is 45.8 Å². The van der Waals surface area contributed by atoms with E-state index in [4.69, 9.17) is 21.1 Å². The number of hydrogen-bond donors (Lipinski definition) is 1. The van der Waals surface area contributed by atoms with Crippen LogP contribution in [0.1, 0.15) is 72.9 Å². The van der Waals surface area contributed by atoms with Crippen molar-refractivity contribution in [2.45, 2.75) is 74.6 Å². The lowest BCUT2D eigenvalue weighted by atomic mass is 9.68. The quantitative estimate of drug-likeness (QED) is 0.425. The van der Waals surface area contributed by atoms with E-state index in [9.17, 15) is 18.0 Å². The van der Waals surface area contributed by atoms with Crippen molar-refractivity contribution in [3.05, 3.63) is 70.3 Å². The van der Waals surface area contributed by atoms with Crippen LogP contribution in [0.25, 0.3) is 0 Å². The number of benzene rings is 2. The molecular formula is C36H46ClN3O6S. The Hall–Kier alpha value is -3.08. The molecule has 254 valence electrons. The third-order valence-corrected chi connectivity index (χ3v) is 12.8. The number of ether oxygens (including phenoxy) is 2. The lowest BCUT2D eigenvalue weighted by molar-refractivity contribution is -0.128. The molecular weight excluding hydrogens is 638 g/mol. The van der Waals surface area contributed by atoms with Crippen LogP contribution < -0.4 is 14.4 Å². The highest BCUT2D eigenvalue weighted by atomic mass is 35.5. The predicted molar refractivity (Wildman–Crippen MR) is 184 cm³/mol. The smallest absolute Gasteiger partial charge is 0.264 e. The standard InChI is InChI=1S/C36H46ClN3O6S/c1-39(2)34(41)17-13-28-8-4-5-9-32(45-3)29-14-10-26(29)21-40-22-36(18-6-7-24-19-27(37)12-15-30(24)36)23-46-33-16-11-25(20-31(33)40)35(42)38-47(28,43)44/h5,9,11-12,15-16,19-20,26,28-29,32H,4,6-8,10,13-14,17-18,21-23H2,1-3H3,(H,38,42)/b9-5-/t26-,28-,29+,32-,36-/m0/s1. The number of methoxy groups -OCH3 is 1. The molecule has 1 fully saturated rings. The van der Waals surface area contributed by atoms with Crippen molar-refractivity contribution >= 4 is 39.1 Å². The zero-order valence-corrected chi connectivity index (χ0v) is 29.1. The fraction of sp³-hybridized carbons (Fsp3) is 0.556. The molecule has 0 radical (unpaired) electrons. The third kappa shape index (κ3) is 7.06. The maximum atomic E-state index is 13.7. The molecule has 2 heterocycles. The van der Waals surface area contributed by atoms with Gasteiger partial charge in [-0.05, 0) is 105 Å². The summed E-state index contributed by atoms with van der Waals surface area (Å²) in [6.45, 7) is 1.97. The van der Waals surface area contributed by atoms with E-state index in [1.165, 1.54) is 16.0 Å². The maximum absolute atomic E-state index is 13.7. The highest BCUT2D eigenvalue weighted by Gasteiger charge is 2.44. The van der Waals surface area contributed by atoms with Gasteiger partial charge in [-0.25, -0.2) is 13.1 Å². The van der Waals surface area contributed by atoms with Gasteiger partial charge in [0.2, 0.25) is 15.9 Å². The van der Waals surface area contributed by atoms with Gasteiger partial charge in [0.1, 0.15) is 5.75 Å². The molecule has 2 bridgehead atoms. The molecule has 4 aliphatic rings.